The van der Waals surface area contributed by atoms with Crippen molar-refractivity contribution in [2.45, 2.75) is 19.5 Å². The van der Waals surface area contributed by atoms with Gasteiger partial charge in [0.1, 0.15) is 0 Å². The molecule has 0 N–H and O–H groups in total. The maximum atomic E-state index is 5.26. The molecule has 0 saturated carbocycles. The molecule has 5 rings (SSSR count). The molecule has 1 aliphatic heterocycles. The average molecular weight is 450 g/mol. The number of ether oxygens (including phenoxy) is 1. The molecule has 1 atom stereocenters. The molecule has 166 valence electrons. The van der Waals surface area contributed by atoms with Gasteiger partial charge in [0.05, 0.1) is 29.4 Å². The molecular formula is C23H27N7OS. The lowest BCUT2D eigenvalue weighted by molar-refractivity contribution is 0.171. The van der Waals surface area contributed by atoms with Crippen molar-refractivity contribution in [2.24, 2.45) is 0 Å². The van der Waals surface area contributed by atoms with E-state index in [-0.39, 0.29) is 6.04 Å². The number of tetrazole rings is 1. The van der Waals surface area contributed by atoms with Gasteiger partial charge in [-0.15, -0.1) is 5.10 Å². The van der Waals surface area contributed by atoms with Gasteiger partial charge in [0, 0.05) is 33.3 Å². The predicted octanol–water partition coefficient (Wildman–Crippen LogP) is 3.15. The standard InChI is InChI=1S/C23H27N7OS/c1-17-7-9-18(10-8-17)21(22-25-26-27-30(22)15-16-31-2)28-11-13-29(14-12-28)23-24-19-5-3-4-6-20(19)32-23/h3-10,21H,11-16H2,1-2H3. The quantitative estimate of drug-likeness (QED) is 0.429. The van der Waals surface area contributed by atoms with Gasteiger partial charge in [-0.05, 0) is 35.0 Å². The first-order chi connectivity index (χ1) is 15.7. The molecule has 8 nitrogen and oxygen atoms in total. The van der Waals surface area contributed by atoms with Crippen LogP contribution in [0.3, 0.4) is 0 Å². The van der Waals surface area contributed by atoms with E-state index < -0.39 is 0 Å². The zero-order valence-electron chi connectivity index (χ0n) is 18.4. The molecular weight excluding hydrogens is 422 g/mol. The Morgan fingerprint density at radius 2 is 1.81 bits per heavy atom. The minimum atomic E-state index is -0.0000248. The molecule has 0 spiro atoms. The first kappa shape index (κ1) is 21.0. The highest BCUT2D eigenvalue weighted by Crippen LogP contribution is 2.32. The van der Waals surface area contributed by atoms with Gasteiger partial charge in [-0.2, -0.15) is 0 Å². The molecule has 1 unspecified atom stereocenters. The SMILES string of the molecule is COCCn1nnnc1C(c1ccc(C)cc1)N1CCN(c2nc3ccccc3s2)CC1. The number of anilines is 1. The van der Waals surface area contributed by atoms with Crippen molar-refractivity contribution in [3.05, 3.63) is 65.5 Å². The number of hydrogen-bond donors (Lipinski definition) is 0. The van der Waals surface area contributed by atoms with E-state index in [1.54, 1.807) is 18.4 Å². The third-order valence-electron chi connectivity index (χ3n) is 5.94. The lowest BCUT2D eigenvalue weighted by Gasteiger charge is -2.38. The fourth-order valence-electron chi connectivity index (χ4n) is 4.18. The van der Waals surface area contributed by atoms with Crippen LogP contribution in [0.2, 0.25) is 0 Å². The minimum Gasteiger partial charge on any atom is -0.383 e. The van der Waals surface area contributed by atoms with Gasteiger partial charge in [-0.1, -0.05) is 53.3 Å². The van der Waals surface area contributed by atoms with Crippen LogP contribution in [0.25, 0.3) is 10.2 Å². The van der Waals surface area contributed by atoms with Gasteiger partial charge >= 0.3 is 0 Å². The van der Waals surface area contributed by atoms with Crippen LogP contribution in [-0.4, -0.2) is 70.0 Å². The number of methoxy groups -OCH3 is 1. The van der Waals surface area contributed by atoms with E-state index in [4.69, 9.17) is 9.72 Å². The Hall–Kier alpha value is -2.88. The van der Waals surface area contributed by atoms with Gasteiger partial charge in [0.25, 0.3) is 0 Å². The largest absolute Gasteiger partial charge is 0.383 e. The predicted molar refractivity (Wildman–Crippen MR) is 126 cm³/mol. The molecule has 0 radical (unpaired) electrons. The highest BCUT2D eigenvalue weighted by molar-refractivity contribution is 7.22. The Morgan fingerprint density at radius 3 is 2.56 bits per heavy atom. The first-order valence-electron chi connectivity index (χ1n) is 10.9. The first-order valence-corrected chi connectivity index (χ1v) is 11.7. The Morgan fingerprint density at radius 1 is 1.03 bits per heavy atom. The monoisotopic (exact) mass is 449 g/mol. The molecule has 0 aliphatic carbocycles. The Labute approximate surface area is 191 Å². The molecule has 1 aliphatic rings. The van der Waals surface area contributed by atoms with E-state index >= 15 is 0 Å². The molecule has 32 heavy (non-hydrogen) atoms. The third-order valence-corrected chi connectivity index (χ3v) is 7.03. The summed E-state index contributed by atoms with van der Waals surface area (Å²) < 4.78 is 8.37. The lowest BCUT2D eigenvalue weighted by Crippen LogP contribution is -2.48. The third kappa shape index (κ3) is 4.23. The second kappa shape index (κ2) is 9.32. The number of rotatable bonds is 7. The van der Waals surface area contributed by atoms with Gasteiger partial charge in [-0.25, -0.2) is 9.67 Å². The Bertz CT molecular complexity index is 1130. The van der Waals surface area contributed by atoms with Crippen LogP contribution in [0.15, 0.2) is 48.5 Å². The van der Waals surface area contributed by atoms with Gasteiger partial charge < -0.3 is 9.64 Å². The van der Waals surface area contributed by atoms with E-state index in [1.807, 2.05) is 10.7 Å². The van der Waals surface area contributed by atoms with Crippen molar-refractivity contribution >= 4 is 26.7 Å². The number of hydrogen-bond acceptors (Lipinski definition) is 8. The van der Waals surface area contributed by atoms with E-state index in [9.17, 15) is 0 Å². The highest BCUT2D eigenvalue weighted by Gasteiger charge is 2.31. The number of benzene rings is 2. The molecule has 9 heteroatoms. The number of nitrogens with zero attached hydrogens (tertiary/aromatic N) is 7. The van der Waals surface area contributed by atoms with Gasteiger partial charge in [-0.3, -0.25) is 4.90 Å². The molecule has 2 aromatic carbocycles. The Kier molecular flexibility index (Phi) is 6.11. The number of piperazine rings is 1. The van der Waals surface area contributed by atoms with Gasteiger partial charge in [0.15, 0.2) is 11.0 Å². The van der Waals surface area contributed by atoms with Crippen LogP contribution in [-0.2, 0) is 11.3 Å². The number of thiazole rings is 1. The smallest absolute Gasteiger partial charge is 0.186 e. The van der Waals surface area contributed by atoms with Crippen LogP contribution in [0, 0.1) is 6.92 Å². The lowest BCUT2D eigenvalue weighted by atomic mass is 10.0. The number of aryl methyl sites for hydroxylation is 1. The zero-order valence-corrected chi connectivity index (χ0v) is 19.2. The van der Waals surface area contributed by atoms with E-state index in [2.05, 4.69) is 74.7 Å². The summed E-state index contributed by atoms with van der Waals surface area (Å²) in [6.45, 7) is 6.97. The second-order valence-corrected chi connectivity index (χ2v) is 9.06. The van der Waals surface area contributed by atoms with Crippen LogP contribution in [0.5, 0.6) is 0 Å². The fraction of sp³-hybridized carbons (Fsp3) is 0.391. The molecule has 2 aromatic heterocycles. The van der Waals surface area contributed by atoms with Crippen molar-refractivity contribution < 1.29 is 4.74 Å². The summed E-state index contributed by atoms with van der Waals surface area (Å²) in [4.78, 5) is 9.71. The molecule has 1 saturated heterocycles. The van der Waals surface area contributed by atoms with Crippen LogP contribution in [0.1, 0.15) is 23.0 Å². The van der Waals surface area contributed by atoms with Crippen molar-refractivity contribution in [3.63, 3.8) is 0 Å². The van der Waals surface area contributed by atoms with Gasteiger partial charge in [0.2, 0.25) is 0 Å². The number of fused-ring (bicyclic) bond motifs is 1. The average Bonchev–Trinajstić information content (AvgIpc) is 3.47. The summed E-state index contributed by atoms with van der Waals surface area (Å²) in [7, 11) is 1.70. The number of para-hydroxylation sites is 1. The van der Waals surface area contributed by atoms with Crippen molar-refractivity contribution in [2.75, 3.05) is 44.8 Å². The summed E-state index contributed by atoms with van der Waals surface area (Å²) in [5.74, 6) is 0.861. The molecule has 0 bridgehead atoms. The normalized spacial score (nSPS) is 16.0. The minimum absolute atomic E-state index is 0.0000248. The maximum absolute atomic E-state index is 5.26. The maximum Gasteiger partial charge on any atom is 0.186 e. The van der Waals surface area contributed by atoms with Crippen molar-refractivity contribution in [1.29, 1.82) is 0 Å². The zero-order chi connectivity index (χ0) is 21.9. The molecule has 0 amide bonds. The second-order valence-electron chi connectivity index (χ2n) is 8.05. The summed E-state index contributed by atoms with van der Waals surface area (Å²) in [6.07, 6.45) is 0. The van der Waals surface area contributed by atoms with Crippen molar-refractivity contribution in [1.82, 2.24) is 30.1 Å². The van der Waals surface area contributed by atoms with Crippen LogP contribution >= 0.6 is 11.3 Å². The summed E-state index contributed by atoms with van der Waals surface area (Å²) in [5, 5.41) is 13.7. The summed E-state index contributed by atoms with van der Waals surface area (Å²) in [5.41, 5.74) is 3.52. The highest BCUT2D eigenvalue weighted by atomic mass is 32.1. The fourth-order valence-corrected chi connectivity index (χ4v) is 5.20. The summed E-state index contributed by atoms with van der Waals surface area (Å²) >= 11 is 1.77. The molecule has 4 aromatic rings. The number of aromatic nitrogens is 5. The Balaban J connectivity index is 1.39. The molecule has 1 fully saturated rings. The van der Waals surface area contributed by atoms with Crippen LogP contribution < -0.4 is 4.90 Å². The summed E-state index contributed by atoms with van der Waals surface area (Å²) in [6, 6.07) is 17.0. The topological polar surface area (TPSA) is 72.2 Å². The van der Waals surface area contributed by atoms with E-state index in [1.165, 1.54) is 15.8 Å². The van der Waals surface area contributed by atoms with Crippen molar-refractivity contribution in [3.8, 4) is 0 Å². The van der Waals surface area contributed by atoms with E-state index in [0.29, 0.717) is 13.2 Å². The van der Waals surface area contributed by atoms with E-state index in [0.717, 1.165) is 42.7 Å². The van der Waals surface area contributed by atoms with Crippen LogP contribution in [0.4, 0.5) is 5.13 Å². The molecule has 3 heterocycles.